The van der Waals surface area contributed by atoms with Gasteiger partial charge in [0.1, 0.15) is 12.4 Å². The molecule has 0 unspecified atom stereocenters. The van der Waals surface area contributed by atoms with Gasteiger partial charge in [0.15, 0.2) is 0 Å². The maximum Gasteiger partial charge on any atom is 0.131 e. The third-order valence-corrected chi connectivity index (χ3v) is 4.00. The lowest BCUT2D eigenvalue weighted by Gasteiger charge is -2.22. The molecule has 114 valence electrons. The maximum atomic E-state index is 6.36. The second-order valence-electron chi connectivity index (χ2n) is 6.22. The normalized spacial score (nSPS) is 11.7. The van der Waals surface area contributed by atoms with Crippen LogP contribution in [-0.4, -0.2) is 9.78 Å². The van der Waals surface area contributed by atoms with Crippen molar-refractivity contribution in [2.45, 2.75) is 46.1 Å². The van der Waals surface area contributed by atoms with Gasteiger partial charge in [0.05, 0.1) is 16.4 Å². The molecule has 1 aromatic heterocycles. The number of aryl methyl sites for hydroxylation is 2. The van der Waals surface area contributed by atoms with Crippen molar-refractivity contribution in [1.82, 2.24) is 9.78 Å². The van der Waals surface area contributed by atoms with Crippen LogP contribution < -0.4 is 4.74 Å². The van der Waals surface area contributed by atoms with Gasteiger partial charge < -0.3 is 4.74 Å². The molecule has 3 nitrogen and oxygen atoms in total. The highest BCUT2D eigenvalue weighted by Crippen LogP contribution is 2.32. The lowest BCUT2D eigenvalue weighted by Crippen LogP contribution is -2.14. The predicted octanol–water partition coefficient (Wildman–Crippen LogP) is 4.51. The van der Waals surface area contributed by atoms with Crippen molar-refractivity contribution in [2.75, 3.05) is 0 Å². The van der Waals surface area contributed by atoms with Crippen LogP contribution in [0.25, 0.3) is 0 Å². The van der Waals surface area contributed by atoms with Crippen LogP contribution in [0.4, 0.5) is 0 Å². The molecule has 2 aromatic rings. The molecule has 0 aliphatic heterocycles. The third-order valence-electron chi connectivity index (χ3n) is 3.56. The molecule has 0 aliphatic rings. The molecule has 0 saturated heterocycles. The van der Waals surface area contributed by atoms with Gasteiger partial charge >= 0.3 is 0 Å². The zero-order valence-electron chi connectivity index (χ0n) is 13.4. The molecular formula is C17H23ClN2O. The van der Waals surface area contributed by atoms with E-state index in [4.69, 9.17) is 16.3 Å². The van der Waals surface area contributed by atoms with Crippen LogP contribution in [0, 0.1) is 0 Å². The van der Waals surface area contributed by atoms with E-state index in [0.717, 1.165) is 23.6 Å². The first-order valence-electron chi connectivity index (χ1n) is 7.27. The van der Waals surface area contributed by atoms with E-state index in [2.05, 4.69) is 31.9 Å². The SMILES string of the molecule is CCc1nn(C)c(COc2ccccc2C(C)(C)C)c1Cl. The Morgan fingerprint density at radius 1 is 1.24 bits per heavy atom. The minimum atomic E-state index is 0.0431. The first-order chi connectivity index (χ1) is 9.84. The van der Waals surface area contributed by atoms with E-state index in [0.29, 0.717) is 11.6 Å². The summed E-state index contributed by atoms with van der Waals surface area (Å²) in [5.74, 6) is 0.903. The number of aromatic nitrogens is 2. The molecule has 0 radical (unpaired) electrons. The number of hydrogen-bond donors (Lipinski definition) is 0. The topological polar surface area (TPSA) is 27.1 Å². The summed E-state index contributed by atoms with van der Waals surface area (Å²) < 4.78 is 7.83. The number of ether oxygens (including phenoxy) is 1. The van der Waals surface area contributed by atoms with Gasteiger partial charge in [0, 0.05) is 7.05 Å². The van der Waals surface area contributed by atoms with Gasteiger partial charge in [-0.3, -0.25) is 4.68 Å². The van der Waals surface area contributed by atoms with E-state index in [1.807, 2.05) is 32.2 Å². The molecule has 1 aromatic carbocycles. The quantitative estimate of drug-likeness (QED) is 0.831. The Hall–Kier alpha value is -1.48. The van der Waals surface area contributed by atoms with E-state index in [1.54, 1.807) is 4.68 Å². The lowest BCUT2D eigenvalue weighted by molar-refractivity contribution is 0.287. The van der Waals surface area contributed by atoms with Gasteiger partial charge in [-0.05, 0) is 23.5 Å². The van der Waals surface area contributed by atoms with Gasteiger partial charge in [0.25, 0.3) is 0 Å². The first kappa shape index (κ1) is 15.9. The fourth-order valence-electron chi connectivity index (χ4n) is 2.33. The minimum absolute atomic E-state index is 0.0431. The third kappa shape index (κ3) is 3.41. The van der Waals surface area contributed by atoms with Gasteiger partial charge in [0.2, 0.25) is 0 Å². The summed E-state index contributed by atoms with van der Waals surface area (Å²) in [6.45, 7) is 9.02. The van der Waals surface area contributed by atoms with Crippen LogP contribution >= 0.6 is 11.6 Å². The molecule has 0 bridgehead atoms. The molecular weight excluding hydrogens is 284 g/mol. The van der Waals surface area contributed by atoms with Gasteiger partial charge in [-0.25, -0.2) is 0 Å². The van der Waals surface area contributed by atoms with E-state index in [1.165, 1.54) is 5.56 Å². The highest BCUT2D eigenvalue weighted by atomic mass is 35.5. The molecule has 0 aliphatic carbocycles. The number of para-hydroxylation sites is 1. The van der Waals surface area contributed by atoms with E-state index in [9.17, 15) is 0 Å². The lowest BCUT2D eigenvalue weighted by atomic mass is 9.86. The molecule has 1 heterocycles. The standard InChI is InChI=1S/C17H23ClN2O/c1-6-13-16(18)14(20(5)19-13)11-21-15-10-8-7-9-12(15)17(2,3)4/h7-10H,6,11H2,1-5H3. The predicted molar refractivity (Wildman–Crippen MR) is 87.1 cm³/mol. The molecule has 0 spiro atoms. The Morgan fingerprint density at radius 2 is 1.90 bits per heavy atom. The number of rotatable bonds is 4. The molecule has 4 heteroatoms. The summed E-state index contributed by atoms with van der Waals surface area (Å²) in [4.78, 5) is 0. The van der Waals surface area contributed by atoms with Crippen LogP contribution in [0.2, 0.25) is 5.02 Å². The highest BCUT2D eigenvalue weighted by Gasteiger charge is 2.19. The Kier molecular flexibility index (Phi) is 4.62. The summed E-state index contributed by atoms with van der Waals surface area (Å²) in [7, 11) is 1.90. The summed E-state index contributed by atoms with van der Waals surface area (Å²) in [5, 5.41) is 5.13. The number of hydrogen-bond acceptors (Lipinski definition) is 2. The fraction of sp³-hybridized carbons (Fsp3) is 0.471. The Labute approximate surface area is 131 Å². The second kappa shape index (κ2) is 6.10. The summed E-state index contributed by atoms with van der Waals surface area (Å²) >= 11 is 6.36. The fourth-order valence-corrected chi connectivity index (χ4v) is 2.68. The van der Waals surface area contributed by atoms with E-state index < -0.39 is 0 Å². The van der Waals surface area contributed by atoms with E-state index >= 15 is 0 Å². The van der Waals surface area contributed by atoms with Crippen molar-refractivity contribution in [1.29, 1.82) is 0 Å². The zero-order valence-corrected chi connectivity index (χ0v) is 14.2. The van der Waals surface area contributed by atoms with E-state index in [-0.39, 0.29) is 5.41 Å². The van der Waals surface area contributed by atoms with Gasteiger partial charge in [-0.2, -0.15) is 5.10 Å². The van der Waals surface area contributed by atoms with Gasteiger partial charge in [-0.15, -0.1) is 0 Å². The molecule has 0 fully saturated rings. The largest absolute Gasteiger partial charge is 0.487 e. The Bertz CT molecular complexity index is 626. The minimum Gasteiger partial charge on any atom is -0.487 e. The van der Waals surface area contributed by atoms with Crippen molar-refractivity contribution < 1.29 is 4.74 Å². The molecule has 0 atom stereocenters. The number of halogens is 1. The summed E-state index contributed by atoms with van der Waals surface area (Å²) in [5.41, 5.74) is 3.07. The zero-order chi connectivity index (χ0) is 15.6. The molecule has 2 rings (SSSR count). The van der Waals surface area contributed by atoms with Crippen molar-refractivity contribution in [3.8, 4) is 5.75 Å². The van der Waals surface area contributed by atoms with Crippen molar-refractivity contribution in [3.05, 3.63) is 46.2 Å². The Morgan fingerprint density at radius 3 is 2.48 bits per heavy atom. The average Bonchev–Trinajstić information content (AvgIpc) is 2.70. The molecule has 0 N–H and O–H groups in total. The van der Waals surface area contributed by atoms with Crippen LogP contribution in [-0.2, 0) is 25.5 Å². The summed E-state index contributed by atoms with van der Waals surface area (Å²) in [6.07, 6.45) is 0.825. The number of nitrogens with zero attached hydrogens (tertiary/aromatic N) is 2. The van der Waals surface area contributed by atoms with Crippen LogP contribution in [0.1, 0.15) is 44.6 Å². The summed E-state index contributed by atoms with van der Waals surface area (Å²) in [6, 6.07) is 8.15. The molecule has 0 saturated carbocycles. The second-order valence-corrected chi connectivity index (χ2v) is 6.60. The van der Waals surface area contributed by atoms with Crippen molar-refractivity contribution in [2.24, 2.45) is 7.05 Å². The van der Waals surface area contributed by atoms with Crippen LogP contribution in [0.5, 0.6) is 5.75 Å². The Balaban J connectivity index is 2.24. The highest BCUT2D eigenvalue weighted by molar-refractivity contribution is 6.31. The average molecular weight is 307 g/mol. The maximum absolute atomic E-state index is 6.36. The van der Waals surface area contributed by atoms with Crippen LogP contribution in [0.15, 0.2) is 24.3 Å². The molecule has 0 amide bonds. The van der Waals surface area contributed by atoms with Crippen molar-refractivity contribution >= 4 is 11.6 Å². The molecule has 21 heavy (non-hydrogen) atoms. The van der Waals surface area contributed by atoms with Crippen molar-refractivity contribution in [3.63, 3.8) is 0 Å². The smallest absolute Gasteiger partial charge is 0.131 e. The van der Waals surface area contributed by atoms with Crippen LogP contribution in [0.3, 0.4) is 0 Å². The van der Waals surface area contributed by atoms with Gasteiger partial charge in [-0.1, -0.05) is 57.5 Å². The monoisotopic (exact) mass is 306 g/mol. The first-order valence-corrected chi connectivity index (χ1v) is 7.65. The number of benzene rings is 1.